The highest BCUT2D eigenvalue weighted by molar-refractivity contribution is 5.85. The number of pyridine rings is 1. The molecule has 3 N–H and O–H groups in total. The van der Waals surface area contributed by atoms with Crippen molar-refractivity contribution in [2.45, 2.75) is 50.4 Å². The summed E-state index contributed by atoms with van der Waals surface area (Å²) in [6.45, 7) is 1.44. The van der Waals surface area contributed by atoms with E-state index in [1.807, 2.05) is 17.0 Å². The van der Waals surface area contributed by atoms with Gasteiger partial charge in [-0.25, -0.2) is 0 Å². The number of hydrogen-bond acceptors (Lipinski definition) is 5. The molecule has 0 aromatic carbocycles. The van der Waals surface area contributed by atoms with E-state index in [-0.39, 0.29) is 48.8 Å². The number of aliphatic hydroxyl groups is 1. The number of aromatic nitrogens is 1. The molecule has 1 aliphatic carbocycles. The van der Waals surface area contributed by atoms with Crippen molar-refractivity contribution in [1.29, 1.82) is 0 Å². The van der Waals surface area contributed by atoms with Crippen LogP contribution >= 0.6 is 24.8 Å². The van der Waals surface area contributed by atoms with Gasteiger partial charge in [0.15, 0.2) is 0 Å². The number of ether oxygens (including phenoxy) is 1. The molecule has 2 fully saturated rings. The summed E-state index contributed by atoms with van der Waals surface area (Å²) in [7, 11) is 0. The van der Waals surface area contributed by atoms with Crippen LogP contribution in [0.4, 0.5) is 0 Å². The largest absolute Gasteiger partial charge is 0.489 e. The van der Waals surface area contributed by atoms with Gasteiger partial charge in [0.2, 0.25) is 5.91 Å². The smallest absolute Gasteiger partial charge is 0.225 e. The molecule has 0 radical (unpaired) electrons. The van der Waals surface area contributed by atoms with Crippen LogP contribution < -0.4 is 10.5 Å². The third-order valence-electron chi connectivity index (χ3n) is 4.90. The van der Waals surface area contributed by atoms with Crippen LogP contribution in [0.3, 0.4) is 0 Å². The molecule has 0 bridgehead atoms. The van der Waals surface area contributed by atoms with Gasteiger partial charge in [0.25, 0.3) is 0 Å². The Morgan fingerprint density at radius 1 is 1.24 bits per heavy atom. The summed E-state index contributed by atoms with van der Waals surface area (Å²) in [4.78, 5) is 18.6. The lowest BCUT2D eigenvalue weighted by atomic mass is 9.83. The van der Waals surface area contributed by atoms with Crippen LogP contribution in [0.5, 0.6) is 5.75 Å². The van der Waals surface area contributed by atoms with Gasteiger partial charge in [0.05, 0.1) is 12.3 Å². The number of amides is 1. The van der Waals surface area contributed by atoms with Gasteiger partial charge in [0, 0.05) is 44.1 Å². The average molecular weight is 392 g/mol. The van der Waals surface area contributed by atoms with Crippen LogP contribution in [0.25, 0.3) is 0 Å². The number of nitrogens with zero attached hydrogens (tertiary/aromatic N) is 2. The molecule has 8 heteroatoms. The monoisotopic (exact) mass is 391 g/mol. The summed E-state index contributed by atoms with van der Waals surface area (Å²) in [6, 6.07) is 3.48. The summed E-state index contributed by atoms with van der Waals surface area (Å²) in [5.74, 6) is 0.931. The van der Waals surface area contributed by atoms with Crippen molar-refractivity contribution >= 4 is 30.7 Å². The van der Waals surface area contributed by atoms with Crippen LogP contribution in [0.2, 0.25) is 0 Å². The summed E-state index contributed by atoms with van der Waals surface area (Å²) >= 11 is 0. The van der Waals surface area contributed by atoms with Gasteiger partial charge >= 0.3 is 0 Å². The highest BCUT2D eigenvalue weighted by Crippen LogP contribution is 2.27. The normalized spacial score (nSPS) is 27.0. The molecule has 1 saturated heterocycles. The first-order chi connectivity index (χ1) is 11.1. The molecule has 1 aromatic rings. The zero-order chi connectivity index (χ0) is 16.2. The predicted octanol–water partition coefficient (Wildman–Crippen LogP) is 1.78. The highest BCUT2D eigenvalue weighted by atomic mass is 35.5. The molecule has 3 rings (SSSR count). The number of carbonyl (C=O) groups is 1. The van der Waals surface area contributed by atoms with Crippen molar-refractivity contribution in [1.82, 2.24) is 9.88 Å². The van der Waals surface area contributed by atoms with Gasteiger partial charge in [0.1, 0.15) is 11.9 Å². The highest BCUT2D eigenvalue weighted by Gasteiger charge is 2.34. The van der Waals surface area contributed by atoms with Crippen molar-refractivity contribution in [2.75, 3.05) is 13.1 Å². The van der Waals surface area contributed by atoms with E-state index in [9.17, 15) is 9.90 Å². The maximum absolute atomic E-state index is 12.6. The number of likely N-dealkylation sites (tertiary alicyclic amines) is 1. The van der Waals surface area contributed by atoms with E-state index in [2.05, 4.69) is 4.98 Å². The van der Waals surface area contributed by atoms with Gasteiger partial charge in [-0.3, -0.25) is 9.78 Å². The SMILES string of the molecule is Cl.Cl.N[C@@H]1C[C@@H](C(=O)N2CCC(Oc3cccnc3)CC2)CC[C@H]1O. The molecular weight excluding hydrogens is 365 g/mol. The molecule has 6 nitrogen and oxygen atoms in total. The van der Waals surface area contributed by atoms with E-state index in [1.54, 1.807) is 12.4 Å². The van der Waals surface area contributed by atoms with Crippen molar-refractivity contribution < 1.29 is 14.6 Å². The molecule has 1 aromatic heterocycles. The van der Waals surface area contributed by atoms with E-state index in [1.165, 1.54) is 0 Å². The Morgan fingerprint density at radius 3 is 2.56 bits per heavy atom. The number of carbonyl (C=O) groups excluding carboxylic acids is 1. The minimum atomic E-state index is -0.460. The zero-order valence-electron chi connectivity index (χ0n) is 14.1. The molecule has 2 aliphatic rings. The molecule has 142 valence electrons. The van der Waals surface area contributed by atoms with Gasteiger partial charge in [-0.2, -0.15) is 0 Å². The Balaban J connectivity index is 0.00000156. The zero-order valence-corrected chi connectivity index (χ0v) is 15.8. The van der Waals surface area contributed by atoms with Gasteiger partial charge < -0.3 is 20.5 Å². The fourth-order valence-electron chi connectivity index (χ4n) is 3.48. The number of hydrogen-bond donors (Lipinski definition) is 2. The lowest BCUT2D eigenvalue weighted by molar-refractivity contribution is -0.139. The van der Waals surface area contributed by atoms with Crippen molar-refractivity contribution in [3.63, 3.8) is 0 Å². The second-order valence-electron chi connectivity index (χ2n) is 6.57. The van der Waals surface area contributed by atoms with E-state index < -0.39 is 6.10 Å². The predicted molar refractivity (Wildman–Crippen MR) is 100 cm³/mol. The van der Waals surface area contributed by atoms with Crippen molar-refractivity contribution in [3.05, 3.63) is 24.5 Å². The van der Waals surface area contributed by atoms with Crippen molar-refractivity contribution in [3.8, 4) is 5.75 Å². The Bertz CT molecular complexity index is 527. The molecule has 25 heavy (non-hydrogen) atoms. The van der Waals surface area contributed by atoms with Crippen molar-refractivity contribution in [2.24, 2.45) is 11.7 Å². The Kier molecular flexibility index (Phi) is 8.93. The summed E-state index contributed by atoms with van der Waals surface area (Å²) in [5, 5.41) is 9.69. The number of rotatable bonds is 3. The Hall–Kier alpha value is -1.08. The van der Waals surface area contributed by atoms with E-state index in [4.69, 9.17) is 10.5 Å². The van der Waals surface area contributed by atoms with E-state index >= 15 is 0 Å². The van der Waals surface area contributed by atoms with Crippen LogP contribution in [-0.4, -0.2) is 52.2 Å². The molecule has 1 aliphatic heterocycles. The summed E-state index contributed by atoms with van der Waals surface area (Å²) in [6.07, 6.45) is 6.73. The number of piperidine rings is 1. The minimum absolute atomic E-state index is 0. The molecule has 3 atom stereocenters. The Labute approximate surface area is 160 Å². The summed E-state index contributed by atoms with van der Waals surface area (Å²) < 4.78 is 5.91. The molecule has 1 saturated carbocycles. The van der Waals surface area contributed by atoms with E-state index in [0.717, 1.165) is 38.1 Å². The fourth-order valence-corrected chi connectivity index (χ4v) is 3.48. The topological polar surface area (TPSA) is 88.7 Å². The lowest BCUT2D eigenvalue weighted by Crippen LogP contribution is -2.48. The first kappa shape index (κ1) is 22.0. The van der Waals surface area contributed by atoms with Gasteiger partial charge in [-0.05, 0) is 31.4 Å². The first-order valence-electron chi connectivity index (χ1n) is 8.42. The Morgan fingerprint density at radius 2 is 1.96 bits per heavy atom. The molecule has 2 heterocycles. The fraction of sp³-hybridized carbons (Fsp3) is 0.647. The summed E-state index contributed by atoms with van der Waals surface area (Å²) in [5.41, 5.74) is 5.90. The van der Waals surface area contributed by atoms with Gasteiger partial charge in [-0.1, -0.05) is 0 Å². The van der Waals surface area contributed by atoms with E-state index in [0.29, 0.717) is 12.8 Å². The lowest BCUT2D eigenvalue weighted by Gasteiger charge is -2.37. The molecular formula is C17H27Cl2N3O3. The van der Waals surface area contributed by atoms with Crippen LogP contribution in [-0.2, 0) is 4.79 Å². The van der Waals surface area contributed by atoms with Crippen LogP contribution in [0.15, 0.2) is 24.5 Å². The second kappa shape index (κ2) is 10.2. The van der Waals surface area contributed by atoms with Crippen LogP contribution in [0.1, 0.15) is 32.1 Å². The molecule has 1 amide bonds. The third kappa shape index (κ3) is 5.71. The van der Waals surface area contributed by atoms with Gasteiger partial charge in [-0.15, -0.1) is 24.8 Å². The average Bonchev–Trinajstić information content (AvgIpc) is 2.58. The molecule has 0 unspecified atom stereocenters. The number of halogens is 2. The maximum atomic E-state index is 12.6. The third-order valence-corrected chi connectivity index (χ3v) is 4.90. The standard InChI is InChI=1S/C17H25N3O3.2ClH/c18-15-10-12(3-4-16(15)21)17(22)20-8-5-13(6-9-20)23-14-2-1-7-19-11-14;;/h1-2,7,11-13,15-16,21H,3-6,8-10,18H2;2*1H/t12-,15+,16+;;/m0../s1. The first-order valence-corrected chi connectivity index (χ1v) is 8.42. The molecule has 0 spiro atoms. The maximum Gasteiger partial charge on any atom is 0.225 e. The quantitative estimate of drug-likeness (QED) is 0.819. The number of nitrogens with two attached hydrogens (primary N) is 1. The second-order valence-corrected chi connectivity index (χ2v) is 6.57. The number of aliphatic hydroxyl groups excluding tert-OH is 1. The minimum Gasteiger partial charge on any atom is -0.489 e. The van der Waals surface area contributed by atoms with Crippen LogP contribution in [0, 0.1) is 5.92 Å².